The second kappa shape index (κ2) is 8.40. The van der Waals surface area contributed by atoms with Crippen LogP contribution in [0.25, 0.3) is 10.3 Å². The third-order valence-corrected chi connectivity index (χ3v) is 6.23. The molecule has 4 heterocycles. The number of amides is 1. The molecular formula is C20H24FN7O2S. The predicted octanol–water partition coefficient (Wildman–Crippen LogP) is 2.11. The van der Waals surface area contributed by atoms with Crippen molar-refractivity contribution in [1.82, 2.24) is 29.7 Å². The summed E-state index contributed by atoms with van der Waals surface area (Å²) < 4.78 is 14.2. The molecule has 164 valence electrons. The molecule has 2 N–H and O–H groups in total. The molecule has 3 aromatic rings. The Morgan fingerprint density at radius 1 is 1.32 bits per heavy atom. The largest absolute Gasteiger partial charge is 0.372 e. The molecule has 2 unspecified atom stereocenters. The molecule has 4 rings (SSSR count). The van der Waals surface area contributed by atoms with Crippen molar-refractivity contribution < 1.29 is 14.3 Å². The first-order valence-corrected chi connectivity index (χ1v) is 10.7. The number of aryl methyl sites for hydroxylation is 1. The second-order valence-electron chi connectivity index (χ2n) is 7.88. The van der Waals surface area contributed by atoms with Gasteiger partial charge >= 0.3 is 0 Å². The molecule has 1 amide bonds. The van der Waals surface area contributed by atoms with Crippen LogP contribution in [0.15, 0.2) is 18.5 Å². The quantitative estimate of drug-likeness (QED) is 0.594. The van der Waals surface area contributed by atoms with Gasteiger partial charge in [0.05, 0.1) is 27.9 Å². The van der Waals surface area contributed by atoms with Crippen LogP contribution in [0.4, 0.5) is 10.3 Å². The van der Waals surface area contributed by atoms with Gasteiger partial charge in [-0.3, -0.25) is 14.7 Å². The maximum Gasteiger partial charge on any atom is 0.227 e. The highest BCUT2D eigenvalue weighted by Crippen LogP contribution is 2.34. The molecule has 9 nitrogen and oxygen atoms in total. The summed E-state index contributed by atoms with van der Waals surface area (Å²) in [4.78, 5) is 32.8. The minimum atomic E-state index is -0.983. The number of thiazole rings is 1. The number of hydrogen-bond donors (Lipinski definition) is 2. The van der Waals surface area contributed by atoms with Crippen LogP contribution >= 0.6 is 11.3 Å². The van der Waals surface area contributed by atoms with E-state index >= 15 is 0 Å². The van der Waals surface area contributed by atoms with E-state index in [1.165, 1.54) is 17.4 Å². The Balaban J connectivity index is 1.59. The van der Waals surface area contributed by atoms with Gasteiger partial charge in [0.2, 0.25) is 11.9 Å². The van der Waals surface area contributed by atoms with E-state index in [9.17, 15) is 14.3 Å². The van der Waals surface area contributed by atoms with Crippen LogP contribution in [-0.4, -0.2) is 67.9 Å². The van der Waals surface area contributed by atoms with E-state index in [2.05, 4.69) is 25.3 Å². The van der Waals surface area contributed by atoms with Crippen molar-refractivity contribution in [2.45, 2.75) is 26.1 Å². The third kappa shape index (κ3) is 4.34. The number of carbonyl (C=O) groups excluding carboxylic acids is 1. The lowest BCUT2D eigenvalue weighted by Gasteiger charge is -2.41. The van der Waals surface area contributed by atoms with Crippen LogP contribution in [-0.2, 0) is 4.79 Å². The Kier molecular flexibility index (Phi) is 5.82. The van der Waals surface area contributed by atoms with Gasteiger partial charge in [-0.15, -0.1) is 11.3 Å². The average Bonchev–Trinajstić information content (AvgIpc) is 3.05. The lowest BCUT2D eigenvalue weighted by atomic mass is 9.98. The Morgan fingerprint density at radius 3 is 2.74 bits per heavy atom. The van der Waals surface area contributed by atoms with Crippen molar-refractivity contribution in [3.8, 4) is 0 Å². The maximum atomic E-state index is 13.5. The third-order valence-electron chi connectivity index (χ3n) is 5.25. The molecule has 1 aliphatic heterocycles. The van der Waals surface area contributed by atoms with Gasteiger partial charge in [-0.1, -0.05) is 0 Å². The molecular weight excluding hydrogens is 421 g/mol. The molecule has 0 aromatic carbocycles. The maximum absolute atomic E-state index is 13.5. The number of likely N-dealkylation sites (tertiary alicyclic amines) is 1. The Morgan fingerprint density at radius 2 is 2.06 bits per heavy atom. The van der Waals surface area contributed by atoms with Gasteiger partial charge in [0.1, 0.15) is 11.5 Å². The summed E-state index contributed by atoms with van der Waals surface area (Å²) in [6.07, 6.45) is 1.74. The number of hydrogen-bond acceptors (Lipinski definition) is 9. The number of aromatic nitrogens is 4. The standard InChI is InChI=1S/C20H24FN7O2S/c1-10(12-5-14(21)7-22-6-12)23-20-25-15(16-17(26-20)24-11(2)31-16)19(30)28-8-13(9-28)18(29)27(3)4/h5-7,10,13,19,30H,8-9H2,1-4H3,(H,23,25,26). The van der Waals surface area contributed by atoms with Gasteiger partial charge in [0.25, 0.3) is 0 Å². The summed E-state index contributed by atoms with van der Waals surface area (Å²) in [7, 11) is 3.45. The van der Waals surface area contributed by atoms with Crippen molar-refractivity contribution in [2.75, 3.05) is 32.5 Å². The number of rotatable bonds is 6. The number of nitrogens with one attached hydrogen (secondary N) is 1. The highest BCUT2D eigenvalue weighted by molar-refractivity contribution is 7.18. The van der Waals surface area contributed by atoms with E-state index in [-0.39, 0.29) is 23.8 Å². The molecule has 1 aliphatic rings. The van der Waals surface area contributed by atoms with Gasteiger partial charge in [-0.25, -0.2) is 14.4 Å². The fourth-order valence-electron chi connectivity index (χ4n) is 3.54. The molecule has 0 radical (unpaired) electrons. The number of anilines is 1. The van der Waals surface area contributed by atoms with Crippen molar-refractivity contribution in [3.63, 3.8) is 0 Å². The highest BCUT2D eigenvalue weighted by Gasteiger charge is 2.38. The SMILES string of the molecule is Cc1nc2nc(NC(C)c3cncc(F)c3)nc(C(O)N3CC(C(=O)N(C)C)C3)c2s1. The zero-order valence-corrected chi connectivity index (χ0v) is 18.5. The average molecular weight is 446 g/mol. The summed E-state index contributed by atoms with van der Waals surface area (Å²) in [6, 6.07) is 1.09. The Bertz CT molecular complexity index is 1120. The van der Waals surface area contributed by atoms with E-state index in [0.717, 1.165) is 11.2 Å². The minimum absolute atomic E-state index is 0.0461. The monoisotopic (exact) mass is 445 g/mol. The van der Waals surface area contributed by atoms with E-state index < -0.39 is 12.0 Å². The number of aliphatic hydroxyl groups is 1. The van der Waals surface area contributed by atoms with Crippen LogP contribution in [0.2, 0.25) is 0 Å². The van der Waals surface area contributed by atoms with E-state index in [4.69, 9.17) is 0 Å². The van der Waals surface area contributed by atoms with Crippen molar-refractivity contribution in [2.24, 2.45) is 5.92 Å². The normalized spacial score (nSPS) is 16.7. The van der Waals surface area contributed by atoms with Gasteiger partial charge in [-0.05, 0) is 25.5 Å². The van der Waals surface area contributed by atoms with Gasteiger partial charge in [0.15, 0.2) is 11.9 Å². The Hall–Kier alpha value is -2.76. The van der Waals surface area contributed by atoms with Crippen LogP contribution in [0.5, 0.6) is 0 Å². The molecule has 1 fully saturated rings. The van der Waals surface area contributed by atoms with Crippen LogP contribution in [0.1, 0.15) is 35.5 Å². The molecule has 0 aliphatic carbocycles. The molecule has 31 heavy (non-hydrogen) atoms. The summed E-state index contributed by atoms with van der Waals surface area (Å²) in [5.41, 5.74) is 1.58. The fraction of sp³-hybridized carbons (Fsp3) is 0.450. The van der Waals surface area contributed by atoms with Crippen molar-refractivity contribution >= 4 is 33.5 Å². The molecule has 3 aromatic heterocycles. The Labute approximate surface area is 183 Å². The summed E-state index contributed by atoms with van der Waals surface area (Å²) >= 11 is 1.41. The smallest absolute Gasteiger partial charge is 0.227 e. The molecule has 1 saturated heterocycles. The van der Waals surface area contributed by atoms with Crippen molar-refractivity contribution in [1.29, 1.82) is 0 Å². The molecule has 0 saturated carbocycles. The number of pyridine rings is 1. The lowest BCUT2D eigenvalue weighted by molar-refractivity contribution is -0.145. The van der Waals surface area contributed by atoms with Crippen molar-refractivity contribution in [3.05, 3.63) is 40.5 Å². The zero-order chi connectivity index (χ0) is 22.3. The predicted molar refractivity (Wildman–Crippen MR) is 115 cm³/mol. The first-order chi connectivity index (χ1) is 14.7. The van der Waals surface area contributed by atoms with E-state index in [1.807, 2.05) is 13.8 Å². The number of aliphatic hydroxyl groups excluding tert-OH is 1. The molecule has 11 heteroatoms. The van der Waals surface area contributed by atoms with Gasteiger partial charge in [0, 0.05) is 33.4 Å². The minimum Gasteiger partial charge on any atom is -0.372 e. The summed E-state index contributed by atoms with van der Waals surface area (Å²) in [5.74, 6) is -0.230. The number of carbonyl (C=O) groups is 1. The van der Waals surface area contributed by atoms with Gasteiger partial charge < -0.3 is 15.3 Å². The fourth-order valence-corrected chi connectivity index (χ4v) is 4.40. The molecule has 0 spiro atoms. The first-order valence-electron chi connectivity index (χ1n) is 9.88. The number of halogens is 1. The zero-order valence-electron chi connectivity index (χ0n) is 17.7. The van der Waals surface area contributed by atoms with Crippen LogP contribution < -0.4 is 5.32 Å². The van der Waals surface area contributed by atoms with Gasteiger partial charge in [-0.2, -0.15) is 4.98 Å². The highest BCUT2D eigenvalue weighted by atomic mass is 32.1. The lowest BCUT2D eigenvalue weighted by Crippen LogP contribution is -2.54. The summed E-state index contributed by atoms with van der Waals surface area (Å²) in [5, 5.41) is 15.0. The topological polar surface area (TPSA) is 107 Å². The number of nitrogens with zero attached hydrogens (tertiary/aromatic N) is 6. The summed E-state index contributed by atoms with van der Waals surface area (Å²) in [6.45, 7) is 4.62. The van der Waals surface area contributed by atoms with Crippen LogP contribution in [0, 0.1) is 18.7 Å². The second-order valence-corrected chi connectivity index (χ2v) is 9.08. The van der Waals surface area contributed by atoms with E-state index in [0.29, 0.717) is 34.7 Å². The molecule has 2 atom stereocenters. The van der Waals surface area contributed by atoms with Crippen LogP contribution in [0.3, 0.4) is 0 Å². The first kappa shape index (κ1) is 21.5. The van der Waals surface area contributed by atoms with E-state index in [1.54, 1.807) is 30.1 Å². The molecule has 0 bridgehead atoms. The number of fused-ring (bicyclic) bond motifs is 1.